The Morgan fingerprint density at radius 3 is 2.42 bits per heavy atom. The second kappa shape index (κ2) is 9.61. The van der Waals surface area contributed by atoms with E-state index >= 15 is 0 Å². The Balaban J connectivity index is 1.99. The first-order valence-electron chi connectivity index (χ1n) is 10.2. The molecule has 3 N–H and O–H groups in total. The van der Waals surface area contributed by atoms with E-state index in [1.54, 1.807) is 17.0 Å². The molecule has 0 radical (unpaired) electrons. The highest BCUT2D eigenvalue weighted by atomic mass is 16.5. The minimum absolute atomic E-state index is 0.0251. The summed E-state index contributed by atoms with van der Waals surface area (Å²) in [6.45, 7) is 4.44. The molecule has 0 spiro atoms. The number of hydrogen-bond acceptors (Lipinski definition) is 5. The van der Waals surface area contributed by atoms with Gasteiger partial charge in [-0.05, 0) is 49.2 Å². The Labute approximate surface area is 181 Å². The van der Waals surface area contributed by atoms with E-state index in [1.807, 2.05) is 44.2 Å². The summed E-state index contributed by atoms with van der Waals surface area (Å²) in [5.41, 5.74) is 8.08. The summed E-state index contributed by atoms with van der Waals surface area (Å²) in [5.74, 6) is -0.897. The van der Waals surface area contributed by atoms with Crippen LogP contribution < -0.4 is 15.4 Å². The molecule has 164 valence electrons. The summed E-state index contributed by atoms with van der Waals surface area (Å²) in [5, 5.41) is 9.02. The minimum atomic E-state index is -1.02. The predicted molar refractivity (Wildman–Crippen MR) is 117 cm³/mol. The van der Waals surface area contributed by atoms with Gasteiger partial charge in [0.2, 0.25) is 5.91 Å². The maximum Gasteiger partial charge on any atom is 0.305 e. The maximum atomic E-state index is 13.2. The van der Waals surface area contributed by atoms with Gasteiger partial charge in [-0.15, -0.1) is 0 Å². The van der Waals surface area contributed by atoms with Gasteiger partial charge in [-0.25, -0.2) is 0 Å². The lowest BCUT2D eigenvalue weighted by molar-refractivity contribution is -0.137. The molecule has 8 nitrogen and oxygen atoms in total. The van der Waals surface area contributed by atoms with Gasteiger partial charge in [0, 0.05) is 19.1 Å². The van der Waals surface area contributed by atoms with Crippen molar-refractivity contribution in [2.45, 2.75) is 26.3 Å². The number of amides is 2. The van der Waals surface area contributed by atoms with Crippen LogP contribution in [0.5, 0.6) is 5.75 Å². The lowest BCUT2D eigenvalue weighted by Gasteiger charge is -2.26. The third-order valence-corrected chi connectivity index (χ3v) is 5.05. The fourth-order valence-electron chi connectivity index (χ4n) is 3.61. The molecule has 0 atom stereocenters. The number of aliphatic carboxylic acids is 1. The second-order valence-electron chi connectivity index (χ2n) is 7.62. The number of rotatable bonds is 8. The average molecular weight is 425 g/mol. The Kier molecular flexibility index (Phi) is 6.91. The number of nitrogens with zero attached hydrogens (tertiary/aromatic N) is 2. The number of nitrogens with two attached hydrogens (primary N) is 1. The van der Waals surface area contributed by atoms with Crippen LogP contribution in [-0.2, 0) is 9.59 Å². The minimum Gasteiger partial charge on any atom is -0.492 e. The smallest absolute Gasteiger partial charge is 0.305 e. The summed E-state index contributed by atoms with van der Waals surface area (Å²) >= 11 is 0. The van der Waals surface area contributed by atoms with E-state index in [0.717, 1.165) is 11.1 Å². The third kappa shape index (κ3) is 5.03. The predicted octanol–water partition coefficient (Wildman–Crippen LogP) is 2.36. The van der Waals surface area contributed by atoms with Crippen molar-refractivity contribution in [1.82, 2.24) is 4.90 Å². The number of carboxylic acid groups (broad SMARTS) is 1. The zero-order chi connectivity index (χ0) is 22.5. The fourth-order valence-corrected chi connectivity index (χ4v) is 3.61. The van der Waals surface area contributed by atoms with Crippen molar-refractivity contribution in [3.8, 4) is 16.9 Å². The SMILES string of the molecule is CC(C)N1C(=O)CN(CCC(=O)O)C(=O)c2cc(-c3ccc(OCCN)cc3)ccc21. The highest BCUT2D eigenvalue weighted by Crippen LogP contribution is 2.32. The van der Waals surface area contributed by atoms with Crippen molar-refractivity contribution in [3.63, 3.8) is 0 Å². The molecule has 1 aliphatic rings. The van der Waals surface area contributed by atoms with Gasteiger partial charge in [-0.3, -0.25) is 14.4 Å². The molecule has 0 unspecified atom stereocenters. The van der Waals surface area contributed by atoms with Crippen LogP contribution in [0.3, 0.4) is 0 Å². The van der Waals surface area contributed by atoms with Gasteiger partial charge in [0.25, 0.3) is 5.91 Å². The third-order valence-electron chi connectivity index (χ3n) is 5.05. The summed E-state index contributed by atoms with van der Waals surface area (Å²) in [4.78, 5) is 40.0. The maximum absolute atomic E-state index is 13.2. The highest BCUT2D eigenvalue weighted by Gasteiger charge is 2.33. The van der Waals surface area contributed by atoms with Crippen LogP contribution in [0.25, 0.3) is 11.1 Å². The number of benzene rings is 2. The van der Waals surface area contributed by atoms with E-state index in [-0.39, 0.29) is 37.4 Å². The van der Waals surface area contributed by atoms with Crippen molar-refractivity contribution < 1.29 is 24.2 Å². The molecule has 8 heteroatoms. The number of fused-ring (bicyclic) bond motifs is 1. The Bertz CT molecular complexity index is 972. The number of anilines is 1. The monoisotopic (exact) mass is 425 g/mol. The van der Waals surface area contributed by atoms with Gasteiger partial charge >= 0.3 is 5.97 Å². The van der Waals surface area contributed by atoms with E-state index in [1.165, 1.54) is 4.90 Å². The lowest BCUT2D eigenvalue weighted by Crippen LogP contribution is -2.42. The van der Waals surface area contributed by atoms with Crippen molar-refractivity contribution in [1.29, 1.82) is 0 Å². The van der Waals surface area contributed by atoms with Crippen LogP contribution in [0, 0.1) is 0 Å². The first-order chi connectivity index (χ1) is 14.8. The van der Waals surface area contributed by atoms with Crippen molar-refractivity contribution >= 4 is 23.5 Å². The van der Waals surface area contributed by atoms with Crippen molar-refractivity contribution in [2.75, 3.05) is 31.1 Å². The topological polar surface area (TPSA) is 113 Å². The standard InChI is InChI=1S/C23H27N3O5/c1-15(2)26-20-8-5-17(16-3-6-18(7-4-16)31-12-10-24)13-19(20)23(30)25(14-21(26)27)11-9-22(28)29/h3-8,13,15H,9-12,14,24H2,1-2H3,(H,28,29). The van der Waals surface area contributed by atoms with Crippen LogP contribution in [0.1, 0.15) is 30.6 Å². The van der Waals surface area contributed by atoms with Crippen LogP contribution in [0.4, 0.5) is 5.69 Å². The molecule has 0 saturated heterocycles. The lowest BCUT2D eigenvalue weighted by atomic mass is 10.00. The Morgan fingerprint density at radius 1 is 1.13 bits per heavy atom. The Morgan fingerprint density at radius 2 is 1.81 bits per heavy atom. The molecule has 0 aromatic heterocycles. The Hall–Kier alpha value is -3.39. The first-order valence-corrected chi connectivity index (χ1v) is 10.2. The molecule has 1 aliphatic heterocycles. The molecule has 2 aromatic rings. The molecule has 0 fully saturated rings. The number of carbonyl (C=O) groups is 3. The zero-order valence-electron chi connectivity index (χ0n) is 17.7. The van der Waals surface area contributed by atoms with Gasteiger partial charge in [0.1, 0.15) is 18.9 Å². The summed E-state index contributed by atoms with van der Waals surface area (Å²) in [6.07, 6.45) is -0.222. The van der Waals surface area contributed by atoms with Crippen LogP contribution >= 0.6 is 0 Å². The average Bonchev–Trinajstić information content (AvgIpc) is 2.85. The molecule has 3 rings (SSSR count). The van der Waals surface area contributed by atoms with Crippen molar-refractivity contribution in [3.05, 3.63) is 48.0 Å². The van der Waals surface area contributed by atoms with E-state index in [4.69, 9.17) is 15.6 Å². The number of carboxylic acids is 1. The quantitative estimate of drug-likeness (QED) is 0.671. The van der Waals surface area contributed by atoms with E-state index in [2.05, 4.69) is 0 Å². The molecule has 2 amide bonds. The number of hydrogen-bond donors (Lipinski definition) is 2. The molecule has 0 bridgehead atoms. The number of ether oxygens (including phenoxy) is 1. The molecule has 2 aromatic carbocycles. The molecular formula is C23H27N3O5. The summed E-state index contributed by atoms with van der Waals surface area (Å²) < 4.78 is 5.50. The summed E-state index contributed by atoms with van der Waals surface area (Å²) in [6, 6.07) is 12.7. The molecule has 1 heterocycles. The summed E-state index contributed by atoms with van der Waals surface area (Å²) in [7, 11) is 0. The van der Waals surface area contributed by atoms with Crippen LogP contribution in [0.15, 0.2) is 42.5 Å². The molecule has 0 aliphatic carbocycles. The largest absolute Gasteiger partial charge is 0.492 e. The van der Waals surface area contributed by atoms with Gasteiger partial charge < -0.3 is 25.4 Å². The fraction of sp³-hybridized carbons (Fsp3) is 0.348. The van der Waals surface area contributed by atoms with Crippen LogP contribution in [-0.4, -0.2) is 60.1 Å². The van der Waals surface area contributed by atoms with Gasteiger partial charge in [-0.2, -0.15) is 0 Å². The van der Waals surface area contributed by atoms with E-state index in [9.17, 15) is 14.4 Å². The molecular weight excluding hydrogens is 398 g/mol. The van der Waals surface area contributed by atoms with Crippen molar-refractivity contribution in [2.24, 2.45) is 5.73 Å². The van der Waals surface area contributed by atoms with E-state index in [0.29, 0.717) is 30.2 Å². The van der Waals surface area contributed by atoms with E-state index < -0.39 is 5.97 Å². The normalized spacial score (nSPS) is 13.9. The van der Waals surface area contributed by atoms with Crippen LogP contribution in [0.2, 0.25) is 0 Å². The highest BCUT2D eigenvalue weighted by molar-refractivity contribution is 6.10. The first kappa shape index (κ1) is 22.3. The second-order valence-corrected chi connectivity index (χ2v) is 7.62. The molecule has 0 saturated carbocycles. The van der Waals surface area contributed by atoms with Gasteiger partial charge in [0.15, 0.2) is 0 Å². The van der Waals surface area contributed by atoms with Gasteiger partial charge in [0.05, 0.1) is 17.7 Å². The van der Waals surface area contributed by atoms with Gasteiger partial charge in [-0.1, -0.05) is 18.2 Å². The number of carbonyl (C=O) groups excluding carboxylic acids is 2. The zero-order valence-corrected chi connectivity index (χ0v) is 17.7. The molecule has 31 heavy (non-hydrogen) atoms.